The first-order valence-corrected chi connectivity index (χ1v) is 24.5. The first-order valence-electron chi connectivity index (χ1n) is 20.0. The summed E-state index contributed by atoms with van der Waals surface area (Å²) in [5.41, 5.74) is -1.01. The Kier molecular flexibility index (Phi) is 24.2. The molecule has 0 radical (unpaired) electrons. The third-order valence-corrected chi connectivity index (χ3v) is 14.0. The summed E-state index contributed by atoms with van der Waals surface area (Å²) in [7, 11) is -15.6. The van der Waals surface area contributed by atoms with E-state index in [9.17, 15) is 33.1 Å². The number of H-pyrrole nitrogens is 1. The van der Waals surface area contributed by atoms with Crippen molar-refractivity contribution in [2.24, 2.45) is 5.92 Å². The molecular weight excluding hydrogens is 761 g/mol. The lowest BCUT2D eigenvalue weighted by Crippen LogP contribution is -2.33. The van der Waals surface area contributed by atoms with Crippen LogP contribution in [-0.2, 0) is 40.6 Å². The van der Waals surface area contributed by atoms with Crippen LogP contribution in [0.25, 0.3) is 0 Å². The van der Waals surface area contributed by atoms with Crippen LogP contribution in [0.4, 0.5) is 0 Å². The molecule has 54 heavy (non-hydrogen) atoms. The number of aryl methyl sites for hydroxylation is 1. The quantitative estimate of drug-likeness (QED) is 0.0343. The van der Waals surface area contributed by atoms with Gasteiger partial charge in [0.1, 0.15) is 6.10 Å². The highest BCUT2D eigenvalue weighted by Crippen LogP contribution is 2.69. The number of nitrogens with one attached hydrogen (secondary N) is 1. The first-order chi connectivity index (χ1) is 25.7. The van der Waals surface area contributed by atoms with Gasteiger partial charge in [-0.25, -0.2) is 18.5 Å². The summed E-state index contributed by atoms with van der Waals surface area (Å²) in [5.74, 6) is -0.0218. The van der Waals surface area contributed by atoms with E-state index in [1.807, 2.05) is 13.8 Å². The molecule has 4 unspecified atom stereocenters. The minimum atomic E-state index is -5.54. The number of phosphoric ester groups is 2. The Morgan fingerprint density at radius 1 is 0.741 bits per heavy atom. The number of aromatic nitrogens is 2. The van der Waals surface area contributed by atoms with Gasteiger partial charge in [0.25, 0.3) is 5.56 Å². The van der Waals surface area contributed by atoms with Crippen LogP contribution in [0.2, 0.25) is 0 Å². The molecule has 6 atom stereocenters. The lowest BCUT2D eigenvalue weighted by atomic mass is 10.0. The topological polar surface area (TPSA) is 202 Å². The molecule has 1 aliphatic heterocycles. The zero-order valence-corrected chi connectivity index (χ0v) is 35.6. The van der Waals surface area contributed by atoms with E-state index >= 15 is 0 Å². The Morgan fingerprint density at radius 2 is 1.30 bits per heavy atom. The molecule has 1 aliphatic rings. The summed E-state index contributed by atoms with van der Waals surface area (Å²) in [6.07, 6.45) is 24.5. The van der Waals surface area contributed by atoms with Crippen LogP contribution in [0.15, 0.2) is 27.9 Å². The third kappa shape index (κ3) is 20.8. The molecule has 0 aliphatic carbocycles. The lowest BCUT2D eigenvalue weighted by Gasteiger charge is -2.23. The molecule has 1 aromatic rings. The number of hydrogen-bond donors (Lipinski definition) is 3. The molecule has 0 amide bonds. The van der Waals surface area contributed by atoms with Crippen molar-refractivity contribution >= 4 is 23.5 Å². The van der Waals surface area contributed by atoms with E-state index < -0.39 is 53.7 Å². The molecule has 18 heteroatoms. The number of unbranched alkanes of at least 4 members (excludes halogenated alkanes) is 16. The minimum Gasteiger partial charge on any atom is -0.344 e. The fourth-order valence-electron chi connectivity index (χ4n) is 5.99. The molecule has 0 spiro atoms. The number of hydrogen-bond acceptors (Lipinski definition) is 11. The second-order valence-corrected chi connectivity index (χ2v) is 19.0. The zero-order valence-electron chi connectivity index (χ0n) is 32.9. The van der Waals surface area contributed by atoms with Gasteiger partial charge in [-0.15, -0.1) is 0 Å². The summed E-state index contributed by atoms with van der Waals surface area (Å²) >= 11 is 0. The van der Waals surface area contributed by atoms with Crippen LogP contribution in [0, 0.1) is 12.8 Å². The molecule has 2 heterocycles. The van der Waals surface area contributed by atoms with Crippen LogP contribution in [0.3, 0.4) is 0 Å². The van der Waals surface area contributed by atoms with E-state index in [1.54, 1.807) is 0 Å². The van der Waals surface area contributed by atoms with Gasteiger partial charge < -0.3 is 14.5 Å². The van der Waals surface area contributed by atoms with E-state index in [1.165, 1.54) is 95.9 Å². The summed E-state index contributed by atoms with van der Waals surface area (Å²) in [6, 6.07) is 0. The molecule has 0 saturated carbocycles. The zero-order chi connectivity index (χ0) is 39.9. The normalized spacial score (nSPS) is 19.7. The second kappa shape index (κ2) is 26.7. The predicted octanol–water partition coefficient (Wildman–Crippen LogP) is 10.2. The Morgan fingerprint density at radius 3 is 1.85 bits per heavy atom. The van der Waals surface area contributed by atoms with Crippen molar-refractivity contribution in [2.45, 2.75) is 168 Å². The SMILES string of the molecule is CCCCCCCCCCCCCCCCCCOP(=O)(OCC(CC)CCCC)OP(=O)(O)OP(=O)(O)OC[C@@H]1C=C[C@H](n2cc(C)c(=O)[nH]c2=O)O1. The fraction of sp³-hybridized carbons (Fsp3) is 0.833. The van der Waals surface area contributed by atoms with Crippen molar-refractivity contribution in [2.75, 3.05) is 19.8 Å². The van der Waals surface area contributed by atoms with Crippen LogP contribution in [0.5, 0.6) is 0 Å². The van der Waals surface area contributed by atoms with E-state index in [-0.39, 0.29) is 24.7 Å². The third-order valence-electron chi connectivity index (χ3n) is 9.30. The largest absolute Gasteiger partial charge is 0.490 e. The average molecular weight is 829 g/mol. The van der Waals surface area contributed by atoms with E-state index in [0.29, 0.717) is 12.8 Å². The van der Waals surface area contributed by atoms with Crippen molar-refractivity contribution < 1.29 is 50.4 Å². The molecular formula is C36H67N2O13P3. The van der Waals surface area contributed by atoms with Crippen molar-refractivity contribution in [3.8, 4) is 0 Å². The maximum Gasteiger partial charge on any atom is 0.490 e. The minimum absolute atomic E-state index is 0.0218. The van der Waals surface area contributed by atoms with Gasteiger partial charge in [-0.05, 0) is 31.8 Å². The smallest absolute Gasteiger partial charge is 0.344 e. The average Bonchev–Trinajstić information content (AvgIpc) is 3.58. The molecule has 0 saturated heterocycles. The molecule has 15 nitrogen and oxygen atoms in total. The number of phosphoric acid groups is 3. The maximum absolute atomic E-state index is 13.6. The Hall–Kier alpha value is -1.21. The Labute approximate surface area is 321 Å². The summed E-state index contributed by atoms with van der Waals surface area (Å²) in [6.45, 7) is 6.94. The number of nitrogens with zero attached hydrogens (tertiary/aromatic N) is 1. The predicted molar refractivity (Wildman–Crippen MR) is 209 cm³/mol. The lowest BCUT2D eigenvalue weighted by molar-refractivity contribution is -0.0105. The first kappa shape index (κ1) is 48.9. The summed E-state index contributed by atoms with van der Waals surface area (Å²) in [4.78, 5) is 46.6. The standard InChI is InChI=1S/C36H67N2O13P3/c1-5-8-10-11-12-13-14-15-16-17-18-19-20-21-22-23-27-46-54(45,48-29-32(7-3)24-9-6-2)51-53(43,44)50-52(41,42)47-30-33-25-26-34(49-33)38-28-31(4)35(39)37-36(38)40/h25-26,28,32-34H,5-24,27,29-30H2,1-4H3,(H,41,42)(H,43,44)(H,37,39,40)/t32?,33-,34+,54?/m0/s1. The van der Waals surface area contributed by atoms with Gasteiger partial charge >= 0.3 is 29.2 Å². The van der Waals surface area contributed by atoms with E-state index in [2.05, 4.69) is 16.2 Å². The number of rotatable bonds is 33. The molecule has 0 aromatic carbocycles. The van der Waals surface area contributed by atoms with Gasteiger partial charge in [0.05, 0.1) is 19.8 Å². The molecule has 0 fully saturated rings. The molecule has 314 valence electrons. The van der Waals surface area contributed by atoms with Crippen molar-refractivity contribution in [1.82, 2.24) is 9.55 Å². The van der Waals surface area contributed by atoms with Gasteiger partial charge in [0.2, 0.25) is 0 Å². The molecule has 3 N–H and O–H groups in total. The van der Waals surface area contributed by atoms with Gasteiger partial charge in [-0.3, -0.25) is 27.9 Å². The maximum atomic E-state index is 13.6. The van der Waals surface area contributed by atoms with Crippen LogP contribution < -0.4 is 11.2 Å². The Balaban J connectivity index is 1.80. The van der Waals surface area contributed by atoms with Crippen molar-refractivity contribution in [3.63, 3.8) is 0 Å². The van der Waals surface area contributed by atoms with E-state index in [4.69, 9.17) is 22.6 Å². The number of aromatic amines is 1. The van der Waals surface area contributed by atoms with Gasteiger partial charge in [0, 0.05) is 11.8 Å². The van der Waals surface area contributed by atoms with E-state index in [0.717, 1.165) is 49.5 Å². The highest BCUT2D eigenvalue weighted by atomic mass is 31.3. The Bertz CT molecular complexity index is 1480. The van der Waals surface area contributed by atoms with Crippen molar-refractivity contribution in [3.05, 3.63) is 44.8 Å². The molecule has 0 bridgehead atoms. The second-order valence-electron chi connectivity index (χ2n) is 14.1. The monoisotopic (exact) mass is 828 g/mol. The van der Waals surface area contributed by atoms with Gasteiger partial charge in [-0.2, -0.15) is 8.62 Å². The summed E-state index contributed by atoms with van der Waals surface area (Å²) < 4.78 is 71.0. The van der Waals surface area contributed by atoms with Crippen LogP contribution >= 0.6 is 23.5 Å². The van der Waals surface area contributed by atoms with Crippen molar-refractivity contribution in [1.29, 1.82) is 0 Å². The highest BCUT2D eigenvalue weighted by Gasteiger charge is 2.44. The fourth-order valence-corrected chi connectivity index (χ4v) is 10.1. The molecule has 2 rings (SSSR count). The summed E-state index contributed by atoms with van der Waals surface area (Å²) in [5, 5.41) is 0. The van der Waals surface area contributed by atoms with Crippen LogP contribution in [0.1, 0.15) is 161 Å². The number of ether oxygens (including phenoxy) is 1. The van der Waals surface area contributed by atoms with Crippen LogP contribution in [-0.4, -0.2) is 45.3 Å². The van der Waals surface area contributed by atoms with Gasteiger partial charge in [-0.1, -0.05) is 142 Å². The molecule has 1 aromatic heterocycles. The van der Waals surface area contributed by atoms with Gasteiger partial charge in [0.15, 0.2) is 6.23 Å². The highest BCUT2D eigenvalue weighted by molar-refractivity contribution is 7.67.